The SMILES string of the molecule is CC1=C(C#N)c2nc(N)c(C#N)c(C)c2C1=Cc1ccc(N2CCCCC2)cc1. The number of hydrogen-bond donors (Lipinski definition) is 1. The van der Waals surface area contributed by atoms with Gasteiger partial charge in [0.05, 0.1) is 16.8 Å². The number of piperidine rings is 1. The number of anilines is 2. The first-order chi connectivity index (χ1) is 14.0. The summed E-state index contributed by atoms with van der Waals surface area (Å²) in [5.41, 5.74) is 13.2. The van der Waals surface area contributed by atoms with E-state index in [4.69, 9.17) is 5.73 Å². The second-order valence-corrected chi connectivity index (χ2v) is 7.64. The lowest BCUT2D eigenvalue weighted by Gasteiger charge is -2.28. The molecule has 5 nitrogen and oxygen atoms in total. The summed E-state index contributed by atoms with van der Waals surface area (Å²) < 4.78 is 0. The van der Waals surface area contributed by atoms with Gasteiger partial charge in [-0.05, 0) is 73.6 Å². The molecule has 1 aliphatic carbocycles. The summed E-state index contributed by atoms with van der Waals surface area (Å²) in [7, 11) is 0. The molecule has 2 aliphatic rings. The zero-order valence-corrected chi connectivity index (χ0v) is 16.8. The van der Waals surface area contributed by atoms with Crippen LogP contribution < -0.4 is 10.6 Å². The topological polar surface area (TPSA) is 89.7 Å². The molecular weight excluding hydrogens is 358 g/mol. The van der Waals surface area contributed by atoms with Gasteiger partial charge in [-0.3, -0.25) is 0 Å². The summed E-state index contributed by atoms with van der Waals surface area (Å²) in [6, 6.07) is 12.9. The zero-order chi connectivity index (χ0) is 20.5. The Hall–Kier alpha value is -3.57. The van der Waals surface area contributed by atoms with Crippen LogP contribution in [0.2, 0.25) is 0 Å². The smallest absolute Gasteiger partial charge is 0.142 e. The number of nitrogen functional groups attached to an aromatic ring is 1. The molecule has 0 bridgehead atoms. The number of rotatable bonds is 2. The molecule has 2 heterocycles. The highest BCUT2D eigenvalue weighted by atomic mass is 15.1. The number of nitriles is 2. The predicted molar refractivity (Wildman–Crippen MR) is 117 cm³/mol. The van der Waals surface area contributed by atoms with Crippen molar-refractivity contribution in [2.45, 2.75) is 33.1 Å². The molecule has 0 radical (unpaired) electrons. The van der Waals surface area contributed by atoms with Gasteiger partial charge in [0, 0.05) is 24.3 Å². The van der Waals surface area contributed by atoms with E-state index >= 15 is 0 Å². The van der Waals surface area contributed by atoms with E-state index in [2.05, 4.69) is 52.4 Å². The molecule has 2 N–H and O–H groups in total. The fraction of sp³-hybridized carbons (Fsp3) is 0.292. The minimum atomic E-state index is 0.177. The number of nitrogens with two attached hydrogens (primary N) is 1. The first-order valence-electron chi connectivity index (χ1n) is 9.94. The van der Waals surface area contributed by atoms with Gasteiger partial charge in [-0.15, -0.1) is 0 Å². The highest BCUT2D eigenvalue weighted by molar-refractivity contribution is 6.08. The van der Waals surface area contributed by atoms with Gasteiger partial charge in [0.25, 0.3) is 0 Å². The van der Waals surface area contributed by atoms with Crippen LogP contribution in [0.4, 0.5) is 11.5 Å². The molecule has 1 aromatic heterocycles. The van der Waals surface area contributed by atoms with Crippen LogP contribution in [0.15, 0.2) is 29.8 Å². The van der Waals surface area contributed by atoms with Crippen molar-refractivity contribution in [2.24, 2.45) is 0 Å². The van der Waals surface area contributed by atoms with Gasteiger partial charge >= 0.3 is 0 Å². The Balaban J connectivity index is 1.78. The maximum Gasteiger partial charge on any atom is 0.142 e. The van der Waals surface area contributed by atoms with Crippen molar-refractivity contribution in [3.8, 4) is 12.1 Å². The second-order valence-electron chi connectivity index (χ2n) is 7.64. The summed E-state index contributed by atoms with van der Waals surface area (Å²) in [6.45, 7) is 6.03. The standard InChI is InChI=1S/C24H23N5/c1-15-19(12-17-6-8-18(9-7-17)29-10-4-3-5-11-29)22-16(2)21(14-26)24(27)28-23(22)20(15)13-25/h6-9,12H,3-5,10-11H2,1-2H3,(H2,27,28). The van der Waals surface area contributed by atoms with Gasteiger partial charge < -0.3 is 10.6 Å². The van der Waals surface area contributed by atoms with Crippen LogP contribution in [0.5, 0.6) is 0 Å². The summed E-state index contributed by atoms with van der Waals surface area (Å²) in [5, 5.41) is 19.1. The zero-order valence-electron chi connectivity index (χ0n) is 16.8. The van der Waals surface area contributed by atoms with Gasteiger partial charge in [0.15, 0.2) is 0 Å². The minimum absolute atomic E-state index is 0.177. The van der Waals surface area contributed by atoms with Gasteiger partial charge in [0.1, 0.15) is 18.0 Å². The Morgan fingerprint density at radius 3 is 2.34 bits per heavy atom. The third-order valence-electron chi connectivity index (χ3n) is 5.91. The van der Waals surface area contributed by atoms with Crippen molar-refractivity contribution in [3.05, 3.63) is 57.8 Å². The Kier molecular flexibility index (Phi) is 4.82. The van der Waals surface area contributed by atoms with Crippen molar-refractivity contribution < 1.29 is 0 Å². The van der Waals surface area contributed by atoms with Crippen LogP contribution >= 0.6 is 0 Å². The quantitative estimate of drug-likeness (QED) is 0.815. The molecule has 29 heavy (non-hydrogen) atoms. The predicted octanol–water partition coefficient (Wildman–Crippen LogP) is 4.69. The number of benzene rings is 1. The highest BCUT2D eigenvalue weighted by Gasteiger charge is 2.29. The van der Waals surface area contributed by atoms with E-state index in [9.17, 15) is 10.5 Å². The largest absolute Gasteiger partial charge is 0.383 e. The number of nitrogens with zero attached hydrogens (tertiary/aromatic N) is 4. The Morgan fingerprint density at radius 2 is 1.72 bits per heavy atom. The second kappa shape index (κ2) is 7.45. The van der Waals surface area contributed by atoms with Crippen LogP contribution in [-0.2, 0) is 0 Å². The Bertz CT molecular complexity index is 1120. The molecule has 0 spiro atoms. The van der Waals surface area contributed by atoms with Crippen LogP contribution in [0.25, 0.3) is 17.2 Å². The van der Waals surface area contributed by atoms with Gasteiger partial charge in [0.2, 0.25) is 0 Å². The summed E-state index contributed by atoms with van der Waals surface area (Å²) in [5.74, 6) is 0.177. The molecule has 4 rings (SSSR count). The van der Waals surface area contributed by atoms with E-state index < -0.39 is 0 Å². The third kappa shape index (κ3) is 3.15. The monoisotopic (exact) mass is 381 g/mol. The van der Waals surface area contributed by atoms with Crippen molar-refractivity contribution in [1.82, 2.24) is 4.98 Å². The Morgan fingerprint density at radius 1 is 1.03 bits per heavy atom. The highest BCUT2D eigenvalue weighted by Crippen LogP contribution is 2.44. The van der Waals surface area contributed by atoms with Crippen molar-refractivity contribution >= 4 is 28.7 Å². The average Bonchev–Trinajstić information content (AvgIpc) is 3.00. The molecule has 2 aromatic rings. The van der Waals surface area contributed by atoms with Crippen LogP contribution in [0.1, 0.15) is 54.1 Å². The van der Waals surface area contributed by atoms with E-state index in [1.54, 1.807) is 0 Å². The Labute approximate surface area is 171 Å². The minimum Gasteiger partial charge on any atom is -0.383 e. The lowest BCUT2D eigenvalue weighted by atomic mass is 9.95. The molecule has 5 heteroatoms. The summed E-state index contributed by atoms with van der Waals surface area (Å²) in [6.07, 6.45) is 5.89. The normalized spacial score (nSPS) is 17.2. The van der Waals surface area contributed by atoms with Crippen molar-refractivity contribution in [2.75, 3.05) is 23.7 Å². The average molecular weight is 381 g/mol. The van der Waals surface area contributed by atoms with Gasteiger partial charge in [-0.25, -0.2) is 4.98 Å². The van der Waals surface area contributed by atoms with Crippen LogP contribution in [-0.4, -0.2) is 18.1 Å². The number of allylic oxidation sites excluding steroid dienone is 3. The van der Waals surface area contributed by atoms with Crippen LogP contribution in [0, 0.1) is 29.6 Å². The molecule has 0 amide bonds. The molecule has 0 saturated carbocycles. The summed E-state index contributed by atoms with van der Waals surface area (Å²) >= 11 is 0. The van der Waals surface area contributed by atoms with E-state index in [0.717, 1.165) is 40.9 Å². The van der Waals surface area contributed by atoms with Gasteiger partial charge in [-0.1, -0.05) is 12.1 Å². The first kappa shape index (κ1) is 18.8. The molecular formula is C24H23N5. The lowest BCUT2D eigenvalue weighted by molar-refractivity contribution is 0.578. The molecule has 0 atom stereocenters. The number of fused-ring (bicyclic) bond motifs is 1. The fourth-order valence-corrected chi connectivity index (χ4v) is 4.30. The number of aromatic nitrogens is 1. The molecule has 144 valence electrons. The molecule has 1 aromatic carbocycles. The van der Waals surface area contributed by atoms with Crippen molar-refractivity contribution in [1.29, 1.82) is 10.5 Å². The van der Waals surface area contributed by atoms with Crippen LogP contribution in [0.3, 0.4) is 0 Å². The van der Waals surface area contributed by atoms with Gasteiger partial charge in [-0.2, -0.15) is 10.5 Å². The van der Waals surface area contributed by atoms with E-state index in [1.165, 1.54) is 24.9 Å². The maximum absolute atomic E-state index is 9.67. The fourth-order valence-electron chi connectivity index (χ4n) is 4.30. The van der Waals surface area contributed by atoms with Crippen molar-refractivity contribution in [3.63, 3.8) is 0 Å². The van der Waals surface area contributed by atoms with E-state index in [-0.39, 0.29) is 5.82 Å². The maximum atomic E-state index is 9.67. The lowest BCUT2D eigenvalue weighted by Crippen LogP contribution is -2.29. The van der Waals surface area contributed by atoms with E-state index in [1.807, 2.05) is 13.8 Å². The molecule has 1 fully saturated rings. The third-order valence-corrected chi connectivity index (χ3v) is 5.91. The molecule has 1 saturated heterocycles. The number of hydrogen-bond acceptors (Lipinski definition) is 5. The molecule has 1 aliphatic heterocycles. The first-order valence-corrected chi connectivity index (χ1v) is 9.94. The summed E-state index contributed by atoms with van der Waals surface area (Å²) in [4.78, 5) is 6.81. The number of pyridine rings is 1. The van der Waals surface area contributed by atoms with E-state index in [0.29, 0.717) is 16.8 Å². The molecule has 0 unspecified atom stereocenters.